The molecule has 0 radical (unpaired) electrons. The standard InChI is InChI=1S/C20H16ClO2P/c1-15-14-18(12-13-19(15)20(21)22)24(23,16-8-4-2-5-9-16)17-10-6-3-7-11-17/h2-14H,1H3. The van der Waals surface area contributed by atoms with Gasteiger partial charge in [-0.1, -0.05) is 66.7 Å². The lowest BCUT2D eigenvalue weighted by molar-refractivity contribution is 0.108. The Kier molecular flexibility index (Phi) is 4.71. The number of benzene rings is 3. The fraction of sp³-hybridized carbons (Fsp3) is 0.0500. The highest BCUT2D eigenvalue weighted by Gasteiger charge is 2.30. The molecule has 120 valence electrons. The molecule has 3 aromatic carbocycles. The van der Waals surface area contributed by atoms with Crippen molar-refractivity contribution in [1.29, 1.82) is 0 Å². The topological polar surface area (TPSA) is 34.1 Å². The molecule has 24 heavy (non-hydrogen) atoms. The van der Waals surface area contributed by atoms with Crippen molar-refractivity contribution in [3.05, 3.63) is 90.0 Å². The molecular formula is C20H16ClO2P. The molecule has 0 aliphatic carbocycles. The van der Waals surface area contributed by atoms with Crippen LogP contribution in [-0.4, -0.2) is 5.24 Å². The van der Waals surface area contributed by atoms with Crippen LogP contribution in [-0.2, 0) is 4.57 Å². The first kappa shape index (κ1) is 16.7. The first-order valence-electron chi connectivity index (χ1n) is 7.56. The van der Waals surface area contributed by atoms with E-state index < -0.39 is 12.4 Å². The highest BCUT2D eigenvalue weighted by Crippen LogP contribution is 2.42. The van der Waals surface area contributed by atoms with Crippen LogP contribution in [0, 0.1) is 6.92 Å². The molecule has 2 nitrogen and oxygen atoms in total. The third kappa shape index (κ3) is 2.96. The number of carbonyl (C=O) groups is 1. The highest BCUT2D eigenvalue weighted by molar-refractivity contribution is 7.85. The first-order valence-corrected chi connectivity index (χ1v) is 9.64. The molecule has 3 aromatic rings. The molecule has 0 unspecified atom stereocenters. The Labute approximate surface area is 146 Å². The van der Waals surface area contributed by atoms with Crippen LogP contribution in [0.25, 0.3) is 0 Å². The van der Waals surface area contributed by atoms with Gasteiger partial charge in [-0.15, -0.1) is 0 Å². The largest absolute Gasteiger partial charge is 0.309 e. The van der Waals surface area contributed by atoms with Crippen LogP contribution in [0.1, 0.15) is 15.9 Å². The SMILES string of the molecule is Cc1cc(P(=O)(c2ccccc2)c2ccccc2)ccc1C(=O)Cl. The van der Waals surface area contributed by atoms with Gasteiger partial charge in [0.15, 0.2) is 7.14 Å². The van der Waals surface area contributed by atoms with E-state index in [0.29, 0.717) is 10.9 Å². The summed E-state index contributed by atoms with van der Waals surface area (Å²) >= 11 is 5.60. The zero-order chi connectivity index (χ0) is 17.2. The van der Waals surface area contributed by atoms with Gasteiger partial charge in [-0.25, -0.2) is 0 Å². The molecule has 4 heteroatoms. The van der Waals surface area contributed by atoms with E-state index >= 15 is 0 Å². The molecule has 0 fully saturated rings. The van der Waals surface area contributed by atoms with Crippen molar-refractivity contribution in [3.8, 4) is 0 Å². The van der Waals surface area contributed by atoms with Crippen molar-refractivity contribution in [3.63, 3.8) is 0 Å². The van der Waals surface area contributed by atoms with E-state index in [2.05, 4.69) is 0 Å². The van der Waals surface area contributed by atoms with E-state index in [-0.39, 0.29) is 0 Å². The number of rotatable bonds is 4. The molecule has 0 aliphatic heterocycles. The molecule has 0 bridgehead atoms. The van der Waals surface area contributed by atoms with E-state index in [1.165, 1.54) is 0 Å². The smallest absolute Gasteiger partial charge is 0.252 e. The predicted octanol–water partition coefficient (Wildman–Crippen LogP) is 4.01. The average Bonchev–Trinajstić information content (AvgIpc) is 2.62. The van der Waals surface area contributed by atoms with Crippen LogP contribution in [0.4, 0.5) is 0 Å². The molecule has 0 amide bonds. The lowest BCUT2D eigenvalue weighted by Crippen LogP contribution is -2.25. The summed E-state index contributed by atoms with van der Waals surface area (Å²) in [5.41, 5.74) is 1.16. The maximum Gasteiger partial charge on any atom is 0.252 e. The zero-order valence-corrected chi connectivity index (χ0v) is 14.8. The van der Waals surface area contributed by atoms with Crippen molar-refractivity contribution in [2.75, 3.05) is 0 Å². The van der Waals surface area contributed by atoms with Crippen molar-refractivity contribution >= 4 is 39.9 Å². The predicted molar refractivity (Wildman–Crippen MR) is 101 cm³/mol. The van der Waals surface area contributed by atoms with Crippen LogP contribution < -0.4 is 15.9 Å². The Morgan fingerprint density at radius 2 is 1.29 bits per heavy atom. The average molecular weight is 355 g/mol. The summed E-state index contributed by atoms with van der Waals surface area (Å²) in [7, 11) is -3.01. The molecule has 0 aromatic heterocycles. The summed E-state index contributed by atoms with van der Waals surface area (Å²) in [6, 6.07) is 24.0. The van der Waals surface area contributed by atoms with E-state index in [4.69, 9.17) is 11.6 Å². The van der Waals surface area contributed by atoms with Gasteiger partial charge < -0.3 is 4.57 Å². The molecule has 0 heterocycles. The summed E-state index contributed by atoms with van der Waals surface area (Å²) in [4.78, 5) is 11.5. The lowest BCUT2D eigenvalue weighted by atomic mass is 10.1. The van der Waals surface area contributed by atoms with Gasteiger partial charge in [-0.05, 0) is 36.2 Å². The number of halogens is 1. The fourth-order valence-corrected chi connectivity index (χ4v) is 5.74. The van der Waals surface area contributed by atoms with Gasteiger partial charge in [0.1, 0.15) is 0 Å². The third-order valence-corrected chi connectivity index (χ3v) is 7.28. The number of hydrogen-bond donors (Lipinski definition) is 0. The molecule has 0 atom stereocenters. The Hall–Kier alpha value is -2.15. The minimum atomic E-state index is -3.01. The van der Waals surface area contributed by atoms with Crippen LogP contribution >= 0.6 is 18.7 Å². The van der Waals surface area contributed by atoms with E-state index in [9.17, 15) is 9.36 Å². The van der Waals surface area contributed by atoms with Crippen LogP contribution in [0.3, 0.4) is 0 Å². The summed E-state index contributed by atoms with van der Waals surface area (Å²) in [5.74, 6) is 0. The minimum absolute atomic E-state index is 0.438. The van der Waals surface area contributed by atoms with Gasteiger partial charge in [-0.2, -0.15) is 0 Å². The van der Waals surface area contributed by atoms with Crippen molar-refractivity contribution in [2.45, 2.75) is 6.92 Å². The molecule has 0 aliphatic rings. The lowest BCUT2D eigenvalue weighted by Gasteiger charge is -2.20. The Balaban J connectivity index is 2.26. The quantitative estimate of drug-likeness (QED) is 0.524. The van der Waals surface area contributed by atoms with Gasteiger partial charge in [-0.3, -0.25) is 4.79 Å². The first-order chi connectivity index (χ1) is 11.5. The van der Waals surface area contributed by atoms with Crippen LogP contribution in [0.5, 0.6) is 0 Å². The Morgan fingerprint density at radius 1 is 0.792 bits per heavy atom. The summed E-state index contributed by atoms with van der Waals surface area (Å²) in [6.45, 7) is 1.80. The van der Waals surface area contributed by atoms with Crippen LogP contribution in [0.2, 0.25) is 0 Å². The Bertz CT molecular complexity index is 877. The molecule has 3 rings (SSSR count). The minimum Gasteiger partial charge on any atom is -0.309 e. The molecule has 0 spiro atoms. The molecule has 0 N–H and O–H groups in total. The van der Waals surface area contributed by atoms with E-state index in [1.54, 1.807) is 25.1 Å². The zero-order valence-electron chi connectivity index (χ0n) is 13.1. The third-order valence-electron chi connectivity index (χ3n) is 4.02. The number of hydrogen-bond acceptors (Lipinski definition) is 2. The van der Waals surface area contributed by atoms with Crippen molar-refractivity contribution in [2.24, 2.45) is 0 Å². The van der Waals surface area contributed by atoms with Crippen LogP contribution in [0.15, 0.2) is 78.9 Å². The van der Waals surface area contributed by atoms with Gasteiger partial charge in [0, 0.05) is 21.5 Å². The maximum atomic E-state index is 14.1. The van der Waals surface area contributed by atoms with Crippen molar-refractivity contribution in [1.82, 2.24) is 0 Å². The number of carbonyl (C=O) groups excluding carboxylic acids is 1. The maximum absolute atomic E-state index is 14.1. The second-order valence-electron chi connectivity index (χ2n) is 5.55. The van der Waals surface area contributed by atoms with Gasteiger partial charge in [0.25, 0.3) is 5.24 Å². The van der Waals surface area contributed by atoms with Gasteiger partial charge >= 0.3 is 0 Å². The van der Waals surface area contributed by atoms with E-state index in [1.807, 2.05) is 60.7 Å². The monoisotopic (exact) mass is 354 g/mol. The summed E-state index contributed by atoms with van der Waals surface area (Å²) in [5, 5.41) is 1.72. The van der Waals surface area contributed by atoms with Gasteiger partial charge in [0.2, 0.25) is 0 Å². The fourth-order valence-electron chi connectivity index (χ4n) is 2.79. The summed E-state index contributed by atoms with van der Waals surface area (Å²) < 4.78 is 14.1. The summed E-state index contributed by atoms with van der Waals surface area (Å²) in [6.07, 6.45) is 0. The van der Waals surface area contributed by atoms with Crippen molar-refractivity contribution < 1.29 is 9.36 Å². The second-order valence-corrected chi connectivity index (χ2v) is 8.66. The highest BCUT2D eigenvalue weighted by atomic mass is 35.5. The van der Waals surface area contributed by atoms with E-state index in [0.717, 1.165) is 16.2 Å². The molecule has 0 saturated heterocycles. The Morgan fingerprint density at radius 3 is 1.71 bits per heavy atom. The molecule has 0 saturated carbocycles. The molecular weight excluding hydrogens is 339 g/mol. The normalized spacial score (nSPS) is 11.2. The number of aryl methyl sites for hydroxylation is 1. The second kappa shape index (κ2) is 6.76. The van der Waals surface area contributed by atoms with Gasteiger partial charge in [0.05, 0.1) is 0 Å².